The van der Waals surface area contributed by atoms with Gasteiger partial charge < -0.3 is 10.1 Å². The van der Waals surface area contributed by atoms with Gasteiger partial charge in [0, 0.05) is 31.9 Å². The van der Waals surface area contributed by atoms with Crippen molar-refractivity contribution >= 4 is 5.82 Å². The molecule has 0 spiro atoms. The maximum atomic E-state index is 9.18. The highest BCUT2D eigenvalue weighted by Crippen LogP contribution is 2.17. The Bertz CT molecular complexity index is 475. The van der Waals surface area contributed by atoms with Crippen LogP contribution in [0.25, 0.3) is 0 Å². The van der Waals surface area contributed by atoms with Crippen molar-refractivity contribution in [2.75, 3.05) is 44.7 Å². The van der Waals surface area contributed by atoms with E-state index in [1.54, 1.807) is 0 Å². The molecule has 102 valence electrons. The molecule has 2 heterocycles. The lowest BCUT2D eigenvalue weighted by atomic mass is 10.1. The van der Waals surface area contributed by atoms with Gasteiger partial charge in [-0.05, 0) is 25.5 Å². The van der Waals surface area contributed by atoms with Crippen molar-refractivity contribution in [1.82, 2.24) is 9.88 Å². The van der Waals surface area contributed by atoms with Gasteiger partial charge in [-0.3, -0.25) is 4.90 Å². The first-order valence-electron chi connectivity index (χ1n) is 6.63. The second-order valence-electron chi connectivity index (χ2n) is 4.80. The second kappa shape index (κ2) is 6.50. The van der Waals surface area contributed by atoms with Crippen molar-refractivity contribution in [3.05, 3.63) is 22.9 Å². The zero-order valence-electron chi connectivity index (χ0n) is 11.6. The summed E-state index contributed by atoms with van der Waals surface area (Å²) in [5, 5.41) is 12.5. The summed E-state index contributed by atoms with van der Waals surface area (Å²) in [7, 11) is 0. The normalized spacial score (nSPS) is 16.1. The molecule has 1 aromatic rings. The first-order chi connectivity index (χ1) is 9.20. The molecular weight excluding hydrogens is 240 g/mol. The van der Waals surface area contributed by atoms with Crippen molar-refractivity contribution in [2.24, 2.45) is 0 Å². The third kappa shape index (κ3) is 3.66. The highest BCUT2D eigenvalue weighted by Gasteiger charge is 2.11. The van der Waals surface area contributed by atoms with E-state index in [0.29, 0.717) is 11.4 Å². The number of aromatic nitrogens is 1. The molecule has 0 radical (unpaired) electrons. The summed E-state index contributed by atoms with van der Waals surface area (Å²) >= 11 is 0. The summed E-state index contributed by atoms with van der Waals surface area (Å²) in [4.78, 5) is 6.76. The van der Waals surface area contributed by atoms with E-state index in [-0.39, 0.29) is 0 Å². The Labute approximate surface area is 114 Å². The van der Waals surface area contributed by atoms with Crippen LogP contribution in [0.5, 0.6) is 0 Å². The van der Waals surface area contributed by atoms with Gasteiger partial charge >= 0.3 is 0 Å². The van der Waals surface area contributed by atoms with Gasteiger partial charge in [0.1, 0.15) is 11.9 Å². The number of nitriles is 1. The lowest BCUT2D eigenvalue weighted by Crippen LogP contribution is -2.39. The van der Waals surface area contributed by atoms with Crippen molar-refractivity contribution in [3.8, 4) is 6.07 Å². The lowest BCUT2D eigenvalue weighted by Gasteiger charge is -2.26. The third-order valence-electron chi connectivity index (χ3n) is 3.28. The first-order valence-corrected chi connectivity index (χ1v) is 6.63. The number of hydrogen-bond acceptors (Lipinski definition) is 5. The molecule has 0 aromatic carbocycles. The second-order valence-corrected chi connectivity index (χ2v) is 4.80. The van der Waals surface area contributed by atoms with Crippen LogP contribution in [-0.4, -0.2) is 49.3 Å². The summed E-state index contributed by atoms with van der Waals surface area (Å²) in [5.74, 6) is 0.702. The molecule has 0 saturated carbocycles. The van der Waals surface area contributed by atoms with Crippen LogP contribution in [0.1, 0.15) is 16.8 Å². The van der Waals surface area contributed by atoms with Crippen molar-refractivity contribution in [1.29, 1.82) is 5.26 Å². The number of anilines is 1. The van der Waals surface area contributed by atoms with Crippen LogP contribution in [0.3, 0.4) is 0 Å². The molecule has 19 heavy (non-hydrogen) atoms. The van der Waals surface area contributed by atoms with Gasteiger partial charge in [0.05, 0.1) is 18.8 Å². The molecule has 0 aliphatic carbocycles. The van der Waals surface area contributed by atoms with Crippen LogP contribution < -0.4 is 5.32 Å². The average molecular weight is 260 g/mol. The monoisotopic (exact) mass is 260 g/mol. The molecule has 1 N–H and O–H groups in total. The molecule has 1 fully saturated rings. The van der Waals surface area contributed by atoms with Gasteiger partial charge in [-0.2, -0.15) is 5.26 Å². The molecule has 1 aliphatic heterocycles. The van der Waals surface area contributed by atoms with Gasteiger partial charge in [-0.25, -0.2) is 4.98 Å². The van der Waals surface area contributed by atoms with Crippen LogP contribution in [0.15, 0.2) is 6.07 Å². The zero-order valence-corrected chi connectivity index (χ0v) is 11.6. The van der Waals surface area contributed by atoms with Crippen LogP contribution >= 0.6 is 0 Å². The quantitative estimate of drug-likeness (QED) is 0.884. The van der Waals surface area contributed by atoms with Gasteiger partial charge in [0.15, 0.2) is 0 Å². The van der Waals surface area contributed by atoms with E-state index in [2.05, 4.69) is 21.3 Å². The topological polar surface area (TPSA) is 61.2 Å². The Kier molecular flexibility index (Phi) is 4.72. The summed E-state index contributed by atoms with van der Waals surface area (Å²) in [6.07, 6.45) is 0. The number of pyridine rings is 1. The van der Waals surface area contributed by atoms with Gasteiger partial charge in [0.2, 0.25) is 0 Å². The SMILES string of the molecule is Cc1cc(C)c(C#N)c(NCCN2CCOCC2)n1. The molecule has 1 aromatic heterocycles. The van der Waals surface area contributed by atoms with Crippen LogP contribution in [-0.2, 0) is 4.74 Å². The predicted octanol–water partition coefficient (Wildman–Crippen LogP) is 1.31. The van der Waals surface area contributed by atoms with E-state index in [9.17, 15) is 5.26 Å². The van der Waals surface area contributed by atoms with Crippen LogP contribution in [0.2, 0.25) is 0 Å². The minimum Gasteiger partial charge on any atom is -0.379 e. The highest BCUT2D eigenvalue weighted by molar-refractivity contribution is 5.56. The van der Waals surface area contributed by atoms with E-state index in [0.717, 1.165) is 50.7 Å². The fraction of sp³-hybridized carbons (Fsp3) is 0.571. The third-order valence-corrected chi connectivity index (χ3v) is 3.28. The van der Waals surface area contributed by atoms with Crippen molar-refractivity contribution < 1.29 is 4.74 Å². The maximum absolute atomic E-state index is 9.18. The fourth-order valence-corrected chi connectivity index (χ4v) is 2.26. The lowest BCUT2D eigenvalue weighted by molar-refractivity contribution is 0.0398. The molecular formula is C14H20N4O. The molecule has 2 rings (SSSR count). The molecule has 0 unspecified atom stereocenters. The smallest absolute Gasteiger partial charge is 0.144 e. The molecule has 5 nitrogen and oxygen atoms in total. The number of ether oxygens (including phenoxy) is 1. The summed E-state index contributed by atoms with van der Waals surface area (Å²) in [6, 6.07) is 4.16. The Hall–Kier alpha value is -1.64. The summed E-state index contributed by atoms with van der Waals surface area (Å²) in [6.45, 7) is 9.21. The highest BCUT2D eigenvalue weighted by atomic mass is 16.5. The van der Waals surface area contributed by atoms with E-state index in [1.807, 2.05) is 19.9 Å². The molecule has 5 heteroatoms. The number of aryl methyl sites for hydroxylation is 2. The molecule has 0 bridgehead atoms. The van der Waals surface area contributed by atoms with Gasteiger partial charge in [0.25, 0.3) is 0 Å². The van der Waals surface area contributed by atoms with Crippen LogP contribution in [0.4, 0.5) is 5.82 Å². The van der Waals surface area contributed by atoms with E-state index in [1.165, 1.54) is 0 Å². The number of nitrogens with one attached hydrogen (secondary N) is 1. The number of hydrogen-bond donors (Lipinski definition) is 1. The predicted molar refractivity (Wildman–Crippen MR) is 74.2 cm³/mol. The minimum absolute atomic E-state index is 0.646. The van der Waals surface area contributed by atoms with E-state index in [4.69, 9.17) is 4.74 Å². The Morgan fingerprint density at radius 3 is 2.84 bits per heavy atom. The minimum atomic E-state index is 0.646. The molecule has 1 aliphatic rings. The average Bonchev–Trinajstić information content (AvgIpc) is 2.39. The maximum Gasteiger partial charge on any atom is 0.144 e. The number of rotatable bonds is 4. The summed E-state index contributed by atoms with van der Waals surface area (Å²) in [5.41, 5.74) is 2.56. The Balaban J connectivity index is 1.93. The molecule has 0 amide bonds. The standard InChI is InChI=1S/C14H20N4O/c1-11-9-12(2)17-14(13(11)10-15)16-3-4-18-5-7-19-8-6-18/h9H,3-8H2,1-2H3,(H,16,17). The number of nitrogens with zero attached hydrogens (tertiary/aromatic N) is 3. The van der Waals surface area contributed by atoms with Crippen molar-refractivity contribution in [2.45, 2.75) is 13.8 Å². The van der Waals surface area contributed by atoms with Gasteiger partial charge in [-0.1, -0.05) is 0 Å². The van der Waals surface area contributed by atoms with E-state index < -0.39 is 0 Å². The largest absolute Gasteiger partial charge is 0.379 e. The molecule has 0 atom stereocenters. The molecule has 1 saturated heterocycles. The summed E-state index contributed by atoms with van der Waals surface area (Å²) < 4.78 is 5.31. The Morgan fingerprint density at radius 1 is 1.42 bits per heavy atom. The first kappa shape index (κ1) is 13.8. The van der Waals surface area contributed by atoms with Gasteiger partial charge in [-0.15, -0.1) is 0 Å². The van der Waals surface area contributed by atoms with Crippen LogP contribution in [0, 0.1) is 25.2 Å². The fourth-order valence-electron chi connectivity index (χ4n) is 2.26. The zero-order chi connectivity index (χ0) is 13.7. The van der Waals surface area contributed by atoms with E-state index >= 15 is 0 Å². The Morgan fingerprint density at radius 2 is 2.16 bits per heavy atom. The van der Waals surface area contributed by atoms with Crippen molar-refractivity contribution in [3.63, 3.8) is 0 Å². The number of morpholine rings is 1.